The molecule has 0 bridgehead atoms. The maximum absolute atomic E-state index is 7.78. The van der Waals surface area contributed by atoms with Crippen molar-refractivity contribution in [1.82, 2.24) is 0 Å². The van der Waals surface area contributed by atoms with Crippen LogP contribution in [-0.4, -0.2) is 18.0 Å². The summed E-state index contributed by atoms with van der Waals surface area (Å²) in [5, 5.41) is 7.78. The molecule has 14 heavy (non-hydrogen) atoms. The van der Waals surface area contributed by atoms with Gasteiger partial charge in [-0.05, 0) is 24.0 Å². The summed E-state index contributed by atoms with van der Waals surface area (Å²) in [6.45, 7) is 0.924. The lowest BCUT2D eigenvalue weighted by atomic mass is 9.74. The van der Waals surface area contributed by atoms with Crippen LogP contribution in [0.2, 0.25) is 0 Å². The fourth-order valence-corrected chi connectivity index (χ4v) is 3.19. The summed E-state index contributed by atoms with van der Waals surface area (Å²) in [5.74, 6) is 1.09. The SMILES string of the molecule is N=C1C=C2C(Br)=CCC3=NCC(C1)C23. The van der Waals surface area contributed by atoms with Crippen LogP contribution in [0.5, 0.6) is 0 Å². The lowest BCUT2D eigenvalue weighted by Gasteiger charge is -2.30. The smallest absolute Gasteiger partial charge is 0.0430 e. The first-order chi connectivity index (χ1) is 6.75. The Labute approximate surface area is 91.4 Å². The van der Waals surface area contributed by atoms with E-state index in [1.807, 2.05) is 6.08 Å². The van der Waals surface area contributed by atoms with Gasteiger partial charge in [0.25, 0.3) is 0 Å². The monoisotopic (exact) mass is 250 g/mol. The van der Waals surface area contributed by atoms with Crippen molar-refractivity contribution in [3.63, 3.8) is 0 Å². The maximum Gasteiger partial charge on any atom is 0.0430 e. The quantitative estimate of drug-likeness (QED) is 0.687. The third-order valence-corrected chi connectivity index (χ3v) is 4.05. The molecule has 0 spiro atoms. The van der Waals surface area contributed by atoms with Crippen molar-refractivity contribution in [3.05, 3.63) is 22.2 Å². The lowest BCUT2D eigenvalue weighted by molar-refractivity contribution is 0.513. The molecule has 72 valence electrons. The summed E-state index contributed by atoms with van der Waals surface area (Å²) in [5.41, 5.74) is 3.37. The average Bonchev–Trinajstić information content (AvgIpc) is 2.55. The molecule has 1 aliphatic heterocycles. The first kappa shape index (κ1) is 8.60. The van der Waals surface area contributed by atoms with Gasteiger partial charge in [0.05, 0.1) is 0 Å². The minimum atomic E-state index is 0.517. The van der Waals surface area contributed by atoms with Crippen molar-refractivity contribution in [2.24, 2.45) is 16.8 Å². The van der Waals surface area contributed by atoms with Crippen molar-refractivity contribution in [2.75, 3.05) is 6.54 Å². The Morgan fingerprint density at radius 2 is 2.36 bits per heavy atom. The van der Waals surface area contributed by atoms with Gasteiger partial charge in [0.2, 0.25) is 0 Å². The van der Waals surface area contributed by atoms with Gasteiger partial charge in [-0.15, -0.1) is 0 Å². The van der Waals surface area contributed by atoms with Crippen molar-refractivity contribution >= 4 is 27.4 Å². The van der Waals surface area contributed by atoms with Gasteiger partial charge in [0, 0.05) is 34.8 Å². The summed E-state index contributed by atoms with van der Waals surface area (Å²) in [4.78, 5) is 4.58. The predicted octanol–water partition coefficient (Wildman–Crippen LogP) is 2.71. The topological polar surface area (TPSA) is 36.2 Å². The van der Waals surface area contributed by atoms with Crippen LogP contribution >= 0.6 is 15.9 Å². The zero-order valence-corrected chi connectivity index (χ0v) is 9.34. The first-order valence-electron chi connectivity index (χ1n) is 4.94. The Balaban J connectivity index is 2.14. The fourth-order valence-electron chi connectivity index (χ4n) is 2.67. The second-order valence-corrected chi connectivity index (χ2v) is 5.01. The van der Waals surface area contributed by atoms with E-state index in [2.05, 4.69) is 27.0 Å². The molecule has 0 amide bonds. The maximum atomic E-state index is 7.78. The third kappa shape index (κ3) is 1.08. The van der Waals surface area contributed by atoms with Gasteiger partial charge in [-0.2, -0.15) is 0 Å². The molecule has 0 saturated carbocycles. The number of allylic oxidation sites excluding steroid dienone is 4. The summed E-state index contributed by atoms with van der Waals surface area (Å²) in [6, 6.07) is 0. The highest BCUT2D eigenvalue weighted by atomic mass is 79.9. The number of nitrogens with zero attached hydrogens (tertiary/aromatic N) is 1. The zero-order chi connectivity index (χ0) is 9.71. The van der Waals surface area contributed by atoms with E-state index in [-0.39, 0.29) is 0 Å². The lowest BCUT2D eigenvalue weighted by Crippen LogP contribution is -2.29. The van der Waals surface area contributed by atoms with Gasteiger partial charge in [-0.25, -0.2) is 0 Å². The van der Waals surface area contributed by atoms with E-state index in [1.165, 1.54) is 15.8 Å². The summed E-state index contributed by atoms with van der Waals surface area (Å²) in [7, 11) is 0. The van der Waals surface area contributed by atoms with Crippen molar-refractivity contribution in [2.45, 2.75) is 12.8 Å². The van der Waals surface area contributed by atoms with Crippen LogP contribution in [0.3, 0.4) is 0 Å². The third-order valence-electron chi connectivity index (χ3n) is 3.27. The van der Waals surface area contributed by atoms with Gasteiger partial charge in [-0.3, -0.25) is 4.99 Å². The van der Waals surface area contributed by atoms with E-state index in [0.29, 0.717) is 11.8 Å². The van der Waals surface area contributed by atoms with Gasteiger partial charge < -0.3 is 5.41 Å². The van der Waals surface area contributed by atoms with E-state index in [1.54, 1.807) is 0 Å². The number of hydrogen-bond acceptors (Lipinski definition) is 2. The average molecular weight is 251 g/mol. The number of hydrogen-bond donors (Lipinski definition) is 1. The number of nitrogens with one attached hydrogen (secondary N) is 1. The molecule has 1 N–H and O–H groups in total. The van der Waals surface area contributed by atoms with Crippen molar-refractivity contribution in [3.8, 4) is 0 Å². The molecule has 2 nitrogen and oxygen atoms in total. The molecule has 3 rings (SSSR count). The Morgan fingerprint density at radius 3 is 3.21 bits per heavy atom. The highest BCUT2D eigenvalue weighted by Crippen LogP contribution is 2.43. The second-order valence-electron chi connectivity index (χ2n) is 4.16. The van der Waals surface area contributed by atoms with E-state index >= 15 is 0 Å². The molecule has 0 fully saturated rings. The van der Waals surface area contributed by atoms with Gasteiger partial charge in [0.1, 0.15) is 0 Å². The zero-order valence-electron chi connectivity index (χ0n) is 7.76. The molecular weight excluding hydrogens is 240 g/mol. The Hall–Kier alpha value is -0.700. The Bertz CT molecular complexity index is 404. The molecule has 2 atom stereocenters. The van der Waals surface area contributed by atoms with Crippen LogP contribution in [0.1, 0.15) is 12.8 Å². The highest BCUT2D eigenvalue weighted by molar-refractivity contribution is 9.12. The van der Waals surface area contributed by atoms with Crippen LogP contribution in [0.15, 0.2) is 27.2 Å². The van der Waals surface area contributed by atoms with Crippen molar-refractivity contribution in [1.29, 1.82) is 5.41 Å². The highest BCUT2D eigenvalue weighted by Gasteiger charge is 2.39. The minimum absolute atomic E-state index is 0.517. The summed E-state index contributed by atoms with van der Waals surface area (Å²) < 4.78 is 1.18. The Kier molecular flexibility index (Phi) is 1.78. The van der Waals surface area contributed by atoms with Crippen LogP contribution in [0.4, 0.5) is 0 Å². The number of halogens is 1. The summed E-state index contributed by atoms with van der Waals surface area (Å²) >= 11 is 3.58. The standard InChI is InChI=1S/C11H11BrN2/c12-9-1-2-10-11-6(5-14-10)3-7(13)4-8(9)11/h1,4,6,11,13H,2-3,5H2. The fraction of sp³-hybridized carbons (Fsp3) is 0.455. The molecule has 2 aliphatic carbocycles. The molecule has 1 heterocycles. The molecule has 3 heteroatoms. The van der Waals surface area contributed by atoms with Gasteiger partial charge in [-0.1, -0.05) is 22.0 Å². The van der Waals surface area contributed by atoms with Gasteiger partial charge in [0.15, 0.2) is 0 Å². The van der Waals surface area contributed by atoms with E-state index in [9.17, 15) is 0 Å². The normalized spacial score (nSPS) is 34.6. The van der Waals surface area contributed by atoms with Crippen LogP contribution in [0.25, 0.3) is 0 Å². The molecule has 3 aliphatic rings. The molecule has 0 aromatic rings. The van der Waals surface area contributed by atoms with Crippen LogP contribution < -0.4 is 0 Å². The van der Waals surface area contributed by atoms with E-state index in [4.69, 9.17) is 5.41 Å². The molecular formula is C11H11BrN2. The van der Waals surface area contributed by atoms with Gasteiger partial charge >= 0.3 is 0 Å². The largest absolute Gasteiger partial charge is 0.305 e. The van der Waals surface area contributed by atoms with E-state index in [0.717, 1.165) is 25.1 Å². The predicted molar refractivity (Wildman–Crippen MR) is 61.3 cm³/mol. The molecule has 0 aromatic heterocycles. The van der Waals surface area contributed by atoms with Crippen LogP contribution in [-0.2, 0) is 0 Å². The molecule has 0 aromatic carbocycles. The second kappa shape index (κ2) is 2.89. The Morgan fingerprint density at radius 1 is 1.50 bits per heavy atom. The van der Waals surface area contributed by atoms with Crippen LogP contribution in [0, 0.1) is 17.2 Å². The number of aliphatic imine (C=N–C) groups is 1. The first-order valence-corrected chi connectivity index (χ1v) is 5.73. The molecule has 0 saturated heterocycles. The van der Waals surface area contributed by atoms with Crippen molar-refractivity contribution < 1.29 is 0 Å². The molecule has 0 radical (unpaired) electrons. The summed E-state index contributed by atoms with van der Waals surface area (Å²) in [6.07, 6.45) is 6.08. The minimum Gasteiger partial charge on any atom is -0.305 e. The molecule has 2 unspecified atom stereocenters. The number of rotatable bonds is 0. The van der Waals surface area contributed by atoms with E-state index < -0.39 is 0 Å².